The van der Waals surface area contributed by atoms with Crippen LogP contribution in [0.3, 0.4) is 0 Å². The number of benzene rings is 1. The van der Waals surface area contributed by atoms with E-state index in [1.165, 1.54) is 11.1 Å². The van der Waals surface area contributed by atoms with E-state index in [1.54, 1.807) is 0 Å². The number of hydrogen-bond donors (Lipinski definition) is 1. The third-order valence-corrected chi connectivity index (χ3v) is 2.74. The van der Waals surface area contributed by atoms with Crippen molar-refractivity contribution in [2.24, 2.45) is 0 Å². The molecule has 2 N–H and O–H groups in total. The van der Waals surface area contributed by atoms with Crippen molar-refractivity contribution in [2.75, 3.05) is 18.8 Å². The number of nitrogens with two attached hydrogens (primary N) is 1. The van der Waals surface area contributed by atoms with Crippen molar-refractivity contribution in [3.8, 4) is 0 Å². The van der Waals surface area contributed by atoms with Gasteiger partial charge in [0.05, 0.1) is 10.7 Å². The quantitative estimate of drug-likeness (QED) is 0.630. The molecule has 0 spiro atoms. The Morgan fingerprint density at radius 1 is 1.50 bits per heavy atom. The lowest BCUT2D eigenvalue weighted by molar-refractivity contribution is 0.304. The molecule has 0 aliphatic carbocycles. The Balaban J connectivity index is 2.70. The monoisotopic (exact) mass is 238 g/mol. The fourth-order valence-corrected chi connectivity index (χ4v) is 1.79. The second kappa shape index (κ2) is 5.92. The maximum atomic E-state index is 5.99. The third-order valence-electron chi connectivity index (χ3n) is 2.41. The highest BCUT2D eigenvalue weighted by Gasteiger charge is 2.05. The molecule has 16 heavy (non-hydrogen) atoms. The smallest absolute Gasteiger partial charge is 0.0638 e. The number of likely N-dealkylation sites (N-methyl/N-ethyl adjacent to an activating group) is 1. The first-order valence-electron chi connectivity index (χ1n) is 5.43. The van der Waals surface area contributed by atoms with Crippen LogP contribution in [0, 0.1) is 0 Å². The number of nitrogen functional groups attached to an aromatic ring is 1. The van der Waals surface area contributed by atoms with Gasteiger partial charge in [-0.3, -0.25) is 4.90 Å². The van der Waals surface area contributed by atoms with Gasteiger partial charge in [0, 0.05) is 13.1 Å². The van der Waals surface area contributed by atoms with E-state index < -0.39 is 0 Å². The average molecular weight is 239 g/mol. The van der Waals surface area contributed by atoms with Crippen LogP contribution in [0.4, 0.5) is 5.69 Å². The summed E-state index contributed by atoms with van der Waals surface area (Å²) in [4.78, 5) is 2.31. The zero-order valence-electron chi connectivity index (χ0n) is 9.96. The Labute approximate surface area is 103 Å². The Morgan fingerprint density at radius 2 is 2.19 bits per heavy atom. The Kier molecular flexibility index (Phi) is 4.84. The highest BCUT2D eigenvalue weighted by Crippen LogP contribution is 2.20. The van der Waals surface area contributed by atoms with Gasteiger partial charge in [0.2, 0.25) is 0 Å². The summed E-state index contributed by atoms with van der Waals surface area (Å²) in [7, 11) is 0. The van der Waals surface area contributed by atoms with Gasteiger partial charge in [0.25, 0.3) is 0 Å². The molecule has 3 heteroatoms. The van der Waals surface area contributed by atoms with Gasteiger partial charge in [0.15, 0.2) is 0 Å². The molecule has 0 bridgehead atoms. The molecule has 0 saturated carbocycles. The number of nitrogens with zero attached hydrogens (tertiary/aromatic N) is 1. The van der Waals surface area contributed by atoms with Crippen LogP contribution in [-0.4, -0.2) is 18.0 Å². The minimum Gasteiger partial charge on any atom is -0.398 e. The molecule has 1 aromatic rings. The molecule has 0 amide bonds. The van der Waals surface area contributed by atoms with E-state index >= 15 is 0 Å². The zero-order chi connectivity index (χ0) is 12.1. The van der Waals surface area contributed by atoms with E-state index in [9.17, 15) is 0 Å². The van der Waals surface area contributed by atoms with Crippen molar-refractivity contribution >= 4 is 17.3 Å². The Morgan fingerprint density at radius 3 is 2.69 bits per heavy atom. The van der Waals surface area contributed by atoms with Crippen LogP contribution in [0.2, 0.25) is 5.02 Å². The SMILES string of the molecule is C=C(C)CN(CC)Cc1ccc(N)c(Cl)c1. The molecule has 0 aliphatic heterocycles. The first-order chi connectivity index (χ1) is 7.52. The van der Waals surface area contributed by atoms with Crippen LogP contribution in [0.25, 0.3) is 0 Å². The summed E-state index contributed by atoms with van der Waals surface area (Å²) < 4.78 is 0. The molecule has 0 fully saturated rings. The number of rotatable bonds is 5. The molecule has 0 saturated heterocycles. The summed E-state index contributed by atoms with van der Waals surface area (Å²) in [6.07, 6.45) is 0. The topological polar surface area (TPSA) is 29.3 Å². The summed E-state index contributed by atoms with van der Waals surface area (Å²) >= 11 is 5.99. The van der Waals surface area contributed by atoms with E-state index in [4.69, 9.17) is 17.3 Å². The first-order valence-corrected chi connectivity index (χ1v) is 5.81. The fourth-order valence-electron chi connectivity index (χ4n) is 1.59. The van der Waals surface area contributed by atoms with Crippen LogP contribution >= 0.6 is 11.6 Å². The molecule has 1 rings (SSSR count). The van der Waals surface area contributed by atoms with Crippen LogP contribution in [0.1, 0.15) is 19.4 Å². The number of anilines is 1. The Hall–Kier alpha value is -0.990. The summed E-state index contributed by atoms with van der Waals surface area (Å²) in [5, 5.41) is 0.629. The van der Waals surface area contributed by atoms with Gasteiger partial charge in [0.1, 0.15) is 0 Å². The molecule has 88 valence electrons. The van der Waals surface area contributed by atoms with Gasteiger partial charge in [-0.1, -0.05) is 36.7 Å². The first kappa shape index (κ1) is 13.1. The second-order valence-electron chi connectivity index (χ2n) is 4.12. The molecule has 0 atom stereocenters. The van der Waals surface area contributed by atoms with Crippen molar-refractivity contribution in [3.63, 3.8) is 0 Å². The van der Waals surface area contributed by atoms with E-state index in [0.717, 1.165) is 19.6 Å². The Bertz CT molecular complexity index is 374. The molecule has 0 unspecified atom stereocenters. The van der Waals surface area contributed by atoms with Crippen LogP contribution in [0.15, 0.2) is 30.4 Å². The predicted molar refractivity (Wildman–Crippen MR) is 71.6 cm³/mol. The average Bonchev–Trinajstić information content (AvgIpc) is 2.22. The maximum Gasteiger partial charge on any atom is 0.0638 e. The minimum atomic E-state index is 0.629. The van der Waals surface area contributed by atoms with Crippen molar-refractivity contribution in [1.29, 1.82) is 0 Å². The summed E-state index contributed by atoms with van der Waals surface area (Å²) in [5.41, 5.74) is 8.66. The maximum absolute atomic E-state index is 5.99. The second-order valence-corrected chi connectivity index (χ2v) is 4.52. The van der Waals surface area contributed by atoms with Crippen molar-refractivity contribution in [3.05, 3.63) is 40.9 Å². The van der Waals surface area contributed by atoms with Gasteiger partial charge in [-0.15, -0.1) is 0 Å². The lowest BCUT2D eigenvalue weighted by Crippen LogP contribution is -2.24. The fraction of sp³-hybridized carbons (Fsp3) is 0.385. The van der Waals surface area contributed by atoms with Gasteiger partial charge in [-0.25, -0.2) is 0 Å². The van der Waals surface area contributed by atoms with Crippen LogP contribution in [-0.2, 0) is 6.54 Å². The molecular formula is C13H19ClN2. The van der Waals surface area contributed by atoms with Crippen molar-refractivity contribution in [1.82, 2.24) is 4.90 Å². The van der Waals surface area contributed by atoms with Gasteiger partial charge in [-0.2, -0.15) is 0 Å². The lowest BCUT2D eigenvalue weighted by atomic mass is 10.2. The largest absolute Gasteiger partial charge is 0.398 e. The van der Waals surface area contributed by atoms with Gasteiger partial charge in [-0.05, 0) is 31.2 Å². The highest BCUT2D eigenvalue weighted by molar-refractivity contribution is 6.33. The molecule has 0 radical (unpaired) electrons. The number of hydrogen-bond acceptors (Lipinski definition) is 2. The van der Waals surface area contributed by atoms with Crippen LogP contribution < -0.4 is 5.73 Å². The summed E-state index contributed by atoms with van der Waals surface area (Å²) in [6.45, 7) is 10.9. The predicted octanol–water partition coefficient (Wildman–Crippen LogP) is 3.32. The summed E-state index contributed by atoms with van der Waals surface area (Å²) in [6, 6.07) is 5.80. The summed E-state index contributed by atoms with van der Waals surface area (Å²) in [5.74, 6) is 0. The standard InChI is InChI=1S/C13H19ClN2/c1-4-16(8-10(2)3)9-11-5-6-13(15)12(14)7-11/h5-7H,2,4,8-9,15H2,1,3H3. The molecule has 1 aromatic carbocycles. The molecule has 2 nitrogen and oxygen atoms in total. The normalized spacial score (nSPS) is 10.8. The third kappa shape index (κ3) is 3.87. The van der Waals surface area contributed by atoms with E-state index in [1.807, 2.05) is 25.1 Å². The molecule has 0 heterocycles. The van der Waals surface area contributed by atoms with E-state index in [2.05, 4.69) is 18.4 Å². The van der Waals surface area contributed by atoms with Crippen molar-refractivity contribution < 1.29 is 0 Å². The van der Waals surface area contributed by atoms with E-state index in [-0.39, 0.29) is 0 Å². The van der Waals surface area contributed by atoms with Gasteiger partial charge < -0.3 is 5.73 Å². The highest BCUT2D eigenvalue weighted by atomic mass is 35.5. The van der Waals surface area contributed by atoms with E-state index in [0.29, 0.717) is 10.7 Å². The lowest BCUT2D eigenvalue weighted by Gasteiger charge is -2.20. The van der Waals surface area contributed by atoms with Gasteiger partial charge >= 0.3 is 0 Å². The zero-order valence-corrected chi connectivity index (χ0v) is 10.7. The molecular weight excluding hydrogens is 220 g/mol. The van der Waals surface area contributed by atoms with Crippen LogP contribution in [0.5, 0.6) is 0 Å². The van der Waals surface area contributed by atoms with Crippen molar-refractivity contribution in [2.45, 2.75) is 20.4 Å². The minimum absolute atomic E-state index is 0.629. The molecule has 0 aliphatic rings. The number of halogens is 1. The molecule has 0 aromatic heterocycles.